The molecule has 1 heterocycles. The van der Waals surface area contributed by atoms with E-state index in [1.807, 2.05) is 22.8 Å². The molecule has 3 rings (SSSR count). The van der Waals surface area contributed by atoms with Crippen LogP contribution in [0.5, 0.6) is 0 Å². The normalized spacial score (nSPS) is 11.2. The highest BCUT2D eigenvalue weighted by atomic mass is 35.5. The first-order chi connectivity index (χ1) is 9.61. The van der Waals surface area contributed by atoms with E-state index >= 15 is 0 Å². The number of fused-ring (bicyclic) bond motifs is 1. The summed E-state index contributed by atoms with van der Waals surface area (Å²) in [6, 6.07) is 10.4. The van der Waals surface area contributed by atoms with E-state index in [4.69, 9.17) is 23.2 Å². The molecule has 0 aliphatic carbocycles. The lowest BCUT2D eigenvalue weighted by molar-refractivity contribution is 0.617. The van der Waals surface area contributed by atoms with Gasteiger partial charge in [0.15, 0.2) is 0 Å². The van der Waals surface area contributed by atoms with Crippen LogP contribution < -0.4 is 0 Å². The molecule has 0 aliphatic rings. The molecule has 20 heavy (non-hydrogen) atoms. The summed E-state index contributed by atoms with van der Waals surface area (Å²) in [5.74, 6) is 0.645. The minimum atomic E-state index is -0.257. The summed E-state index contributed by atoms with van der Waals surface area (Å²) >= 11 is 12.0. The maximum atomic E-state index is 13.8. The molecule has 0 saturated heterocycles. The molecule has 1 aromatic heterocycles. The molecule has 2 nitrogen and oxygen atoms in total. The van der Waals surface area contributed by atoms with E-state index in [2.05, 4.69) is 4.98 Å². The van der Waals surface area contributed by atoms with E-state index < -0.39 is 0 Å². The van der Waals surface area contributed by atoms with Crippen molar-refractivity contribution < 1.29 is 4.39 Å². The minimum Gasteiger partial charge on any atom is -0.295 e. The van der Waals surface area contributed by atoms with Gasteiger partial charge in [0.2, 0.25) is 0 Å². The fraction of sp³-hybridized carbons (Fsp3) is 0.133. The highest BCUT2D eigenvalue weighted by Crippen LogP contribution is 2.27. The van der Waals surface area contributed by atoms with Crippen LogP contribution in [0.2, 0.25) is 5.02 Å². The number of rotatable bonds is 2. The van der Waals surface area contributed by atoms with Gasteiger partial charge in [0.1, 0.15) is 11.6 Å². The van der Waals surface area contributed by atoms with Crippen LogP contribution >= 0.6 is 23.2 Å². The number of alkyl halides is 1. The Morgan fingerprint density at radius 2 is 2.05 bits per heavy atom. The van der Waals surface area contributed by atoms with Crippen molar-refractivity contribution in [3.63, 3.8) is 0 Å². The predicted molar refractivity (Wildman–Crippen MR) is 80.3 cm³/mol. The Bertz CT molecular complexity index is 796. The van der Waals surface area contributed by atoms with Crippen LogP contribution in [-0.4, -0.2) is 9.55 Å². The Labute approximate surface area is 125 Å². The van der Waals surface area contributed by atoms with E-state index in [0.29, 0.717) is 16.4 Å². The van der Waals surface area contributed by atoms with Gasteiger partial charge in [-0.05, 0) is 37.3 Å². The molecule has 0 amide bonds. The molecule has 0 spiro atoms. The smallest absolute Gasteiger partial charge is 0.129 e. The van der Waals surface area contributed by atoms with Gasteiger partial charge in [0.25, 0.3) is 0 Å². The lowest BCUT2D eigenvalue weighted by Gasteiger charge is -2.11. The highest BCUT2D eigenvalue weighted by molar-refractivity contribution is 6.31. The number of halogens is 3. The van der Waals surface area contributed by atoms with Gasteiger partial charge < -0.3 is 0 Å². The van der Waals surface area contributed by atoms with Crippen molar-refractivity contribution in [3.8, 4) is 5.69 Å². The Kier molecular flexibility index (Phi) is 3.40. The van der Waals surface area contributed by atoms with Crippen molar-refractivity contribution in [2.45, 2.75) is 12.8 Å². The molecule has 0 radical (unpaired) electrons. The fourth-order valence-electron chi connectivity index (χ4n) is 2.30. The Hall–Kier alpha value is -1.58. The predicted octanol–water partition coefficient (Wildman–Crippen LogP) is 4.87. The van der Waals surface area contributed by atoms with E-state index in [-0.39, 0.29) is 11.7 Å². The van der Waals surface area contributed by atoms with Crippen LogP contribution in [0.3, 0.4) is 0 Å². The third-order valence-corrected chi connectivity index (χ3v) is 3.76. The molecule has 2 aromatic carbocycles. The molecule has 0 unspecified atom stereocenters. The second kappa shape index (κ2) is 5.08. The van der Waals surface area contributed by atoms with Crippen LogP contribution in [-0.2, 0) is 5.88 Å². The first-order valence-electron chi connectivity index (χ1n) is 6.10. The Morgan fingerprint density at radius 1 is 1.25 bits per heavy atom. The zero-order chi connectivity index (χ0) is 14.3. The van der Waals surface area contributed by atoms with Crippen LogP contribution in [0.25, 0.3) is 16.7 Å². The van der Waals surface area contributed by atoms with Gasteiger partial charge in [0, 0.05) is 10.6 Å². The molecule has 0 bridgehead atoms. The molecule has 0 atom stereocenters. The number of imidazole rings is 1. The number of nitrogens with zero attached hydrogens (tertiary/aromatic N) is 2. The van der Waals surface area contributed by atoms with Gasteiger partial charge in [-0.3, -0.25) is 4.57 Å². The summed E-state index contributed by atoms with van der Waals surface area (Å²) in [5.41, 5.74) is 2.89. The summed E-state index contributed by atoms with van der Waals surface area (Å²) in [7, 11) is 0. The third-order valence-electron chi connectivity index (χ3n) is 3.29. The lowest BCUT2D eigenvalue weighted by Crippen LogP contribution is -2.02. The van der Waals surface area contributed by atoms with Gasteiger partial charge in [0.05, 0.1) is 22.6 Å². The summed E-state index contributed by atoms with van der Waals surface area (Å²) < 4.78 is 15.6. The van der Waals surface area contributed by atoms with Gasteiger partial charge in [-0.25, -0.2) is 9.37 Å². The summed E-state index contributed by atoms with van der Waals surface area (Å²) in [6.45, 7) is 1.74. The fourth-order valence-corrected chi connectivity index (χ4v) is 2.64. The maximum absolute atomic E-state index is 13.8. The number of hydrogen-bond acceptors (Lipinski definition) is 1. The minimum absolute atomic E-state index is 0.238. The third kappa shape index (κ3) is 2.07. The summed E-state index contributed by atoms with van der Waals surface area (Å²) in [5, 5.41) is 0.605. The molecule has 0 N–H and O–H groups in total. The summed E-state index contributed by atoms with van der Waals surface area (Å²) in [4.78, 5) is 4.47. The SMILES string of the molecule is Cc1c(F)cccc1-n1c(CCl)nc2ccc(Cl)cc21. The van der Waals surface area contributed by atoms with Crippen molar-refractivity contribution in [2.75, 3.05) is 0 Å². The zero-order valence-corrected chi connectivity index (χ0v) is 12.2. The Balaban J connectivity index is 2.39. The topological polar surface area (TPSA) is 17.8 Å². The van der Waals surface area contributed by atoms with E-state index in [1.165, 1.54) is 6.07 Å². The maximum Gasteiger partial charge on any atom is 0.129 e. The molecule has 102 valence electrons. The average molecular weight is 309 g/mol. The number of aromatic nitrogens is 2. The van der Waals surface area contributed by atoms with Crippen LogP contribution in [0.4, 0.5) is 4.39 Å². The monoisotopic (exact) mass is 308 g/mol. The van der Waals surface area contributed by atoms with Gasteiger partial charge >= 0.3 is 0 Å². The molecule has 5 heteroatoms. The van der Waals surface area contributed by atoms with E-state index in [1.54, 1.807) is 19.1 Å². The molecular weight excluding hydrogens is 298 g/mol. The van der Waals surface area contributed by atoms with Crippen LogP contribution in [0.1, 0.15) is 11.4 Å². The first-order valence-corrected chi connectivity index (χ1v) is 7.01. The van der Waals surface area contributed by atoms with Crippen molar-refractivity contribution in [3.05, 3.63) is 58.6 Å². The average Bonchev–Trinajstić information content (AvgIpc) is 2.79. The molecule has 0 saturated carbocycles. The molecule has 0 aliphatic heterocycles. The van der Waals surface area contributed by atoms with Gasteiger partial charge in [-0.1, -0.05) is 17.7 Å². The molecule has 0 fully saturated rings. The Morgan fingerprint density at radius 3 is 2.80 bits per heavy atom. The van der Waals surface area contributed by atoms with Gasteiger partial charge in [-0.2, -0.15) is 0 Å². The standard InChI is InChI=1S/C15H11Cl2FN2/c1-9-11(18)3-2-4-13(9)20-14-7-10(17)5-6-12(14)19-15(20)8-16/h2-7H,8H2,1H3. The van der Waals surface area contributed by atoms with Crippen molar-refractivity contribution in [1.82, 2.24) is 9.55 Å². The van der Waals surface area contributed by atoms with Gasteiger partial charge in [-0.15, -0.1) is 11.6 Å². The van der Waals surface area contributed by atoms with E-state index in [9.17, 15) is 4.39 Å². The second-order valence-electron chi connectivity index (χ2n) is 4.51. The largest absolute Gasteiger partial charge is 0.295 e. The van der Waals surface area contributed by atoms with E-state index in [0.717, 1.165) is 16.7 Å². The zero-order valence-electron chi connectivity index (χ0n) is 10.7. The summed E-state index contributed by atoms with van der Waals surface area (Å²) in [6.07, 6.45) is 0. The van der Waals surface area contributed by atoms with Crippen molar-refractivity contribution in [2.24, 2.45) is 0 Å². The quantitative estimate of drug-likeness (QED) is 0.618. The van der Waals surface area contributed by atoms with Crippen LogP contribution in [0.15, 0.2) is 36.4 Å². The molecular formula is C15H11Cl2FN2. The second-order valence-corrected chi connectivity index (χ2v) is 5.22. The van der Waals surface area contributed by atoms with Crippen molar-refractivity contribution >= 4 is 34.2 Å². The lowest BCUT2D eigenvalue weighted by atomic mass is 10.2. The van der Waals surface area contributed by atoms with Crippen molar-refractivity contribution in [1.29, 1.82) is 0 Å². The number of hydrogen-bond donors (Lipinski definition) is 0. The molecule has 3 aromatic rings. The van der Waals surface area contributed by atoms with Crippen LogP contribution in [0, 0.1) is 12.7 Å². The number of benzene rings is 2. The highest BCUT2D eigenvalue weighted by Gasteiger charge is 2.15. The first kappa shape index (κ1) is 13.4.